The molecule has 0 saturated heterocycles. The summed E-state index contributed by atoms with van der Waals surface area (Å²) in [6, 6.07) is 5.57. The zero-order valence-corrected chi connectivity index (χ0v) is 18.5. The van der Waals surface area contributed by atoms with Crippen LogP contribution in [0.1, 0.15) is 42.7 Å². The molecule has 6 nitrogen and oxygen atoms in total. The Labute approximate surface area is 191 Å². The molecular formula is C20H17BrF6O6. The lowest BCUT2D eigenvalue weighted by Gasteiger charge is -2.19. The molecule has 0 spiro atoms. The van der Waals surface area contributed by atoms with Crippen LogP contribution in [-0.4, -0.2) is 37.2 Å². The summed E-state index contributed by atoms with van der Waals surface area (Å²) in [6.07, 6.45) is -5.77. The number of methoxy groups -OCH3 is 1. The van der Waals surface area contributed by atoms with E-state index in [2.05, 4.69) is 20.7 Å². The fraction of sp³-hybridized carbons (Fsp3) is 0.450. The minimum absolute atomic E-state index is 0.113. The van der Waals surface area contributed by atoms with Crippen LogP contribution in [0.2, 0.25) is 0 Å². The molecule has 1 saturated carbocycles. The van der Waals surface area contributed by atoms with E-state index >= 15 is 0 Å². The number of ether oxygens (including phenoxy) is 2. The van der Waals surface area contributed by atoms with Crippen molar-refractivity contribution >= 4 is 44.6 Å². The van der Waals surface area contributed by atoms with Gasteiger partial charge in [-0.3, -0.25) is 4.79 Å². The summed E-state index contributed by atoms with van der Waals surface area (Å²) in [4.78, 5) is 31.9. The maximum absolute atomic E-state index is 12.6. The highest BCUT2D eigenvalue weighted by Gasteiger charge is 2.49. The van der Waals surface area contributed by atoms with Gasteiger partial charge in [-0.15, -0.1) is 0 Å². The molecule has 3 rings (SSSR count). The van der Waals surface area contributed by atoms with Gasteiger partial charge in [-0.25, -0.2) is 9.59 Å². The molecule has 13 heteroatoms. The quantitative estimate of drug-likeness (QED) is 0.199. The van der Waals surface area contributed by atoms with Crippen molar-refractivity contribution in [1.82, 2.24) is 0 Å². The van der Waals surface area contributed by atoms with Crippen molar-refractivity contribution < 1.29 is 54.6 Å². The topological polar surface area (TPSA) is 82.8 Å². The average Bonchev–Trinajstić information content (AvgIpc) is 3.08. The van der Waals surface area contributed by atoms with Gasteiger partial charge in [0.25, 0.3) is 0 Å². The largest absolute Gasteiger partial charge is 0.497 e. The Morgan fingerprint density at radius 3 is 2.00 bits per heavy atom. The summed E-state index contributed by atoms with van der Waals surface area (Å²) in [6.45, 7) is 0. The van der Waals surface area contributed by atoms with Crippen molar-refractivity contribution in [3.8, 4) is 5.75 Å². The van der Waals surface area contributed by atoms with Gasteiger partial charge < -0.3 is 13.9 Å². The Hall–Kier alpha value is -2.57. The van der Waals surface area contributed by atoms with Crippen LogP contribution in [0, 0.1) is 5.92 Å². The molecule has 0 atom stereocenters. The first kappa shape index (κ1) is 26.7. The van der Waals surface area contributed by atoms with Crippen LogP contribution in [0.5, 0.6) is 5.75 Å². The standard InChI is InChI=1S/C16H17BrO3.C4F6O3/c1-19-11-7-8-13-12(9-11)14(17)16(20-13)15(18)10-5-3-2-4-6-10;5-3(6,7)1(11)13-2(12)4(8,9)10/h7-10H,2-6H2,1H3;. The summed E-state index contributed by atoms with van der Waals surface area (Å²) >= 11 is 3.51. The van der Waals surface area contributed by atoms with Crippen LogP contribution >= 0.6 is 15.9 Å². The molecule has 1 fully saturated rings. The van der Waals surface area contributed by atoms with Gasteiger partial charge in [0.2, 0.25) is 5.78 Å². The average molecular weight is 547 g/mol. The van der Waals surface area contributed by atoms with Crippen LogP contribution in [-0.2, 0) is 14.3 Å². The third kappa shape index (κ3) is 6.95. The molecule has 0 bridgehead atoms. The zero-order chi connectivity index (χ0) is 25.0. The highest BCUT2D eigenvalue weighted by molar-refractivity contribution is 9.10. The van der Waals surface area contributed by atoms with E-state index in [1.807, 2.05) is 18.2 Å². The maximum atomic E-state index is 12.6. The number of hydrogen-bond acceptors (Lipinski definition) is 6. The molecule has 1 aliphatic rings. The van der Waals surface area contributed by atoms with E-state index in [0.29, 0.717) is 5.76 Å². The van der Waals surface area contributed by atoms with E-state index in [1.165, 1.54) is 6.42 Å². The lowest BCUT2D eigenvalue weighted by molar-refractivity contribution is -0.221. The van der Waals surface area contributed by atoms with Crippen LogP contribution < -0.4 is 4.74 Å². The van der Waals surface area contributed by atoms with Gasteiger partial charge in [-0.1, -0.05) is 19.3 Å². The van der Waals surface area contributed by atoms with Crippen molar-refractivity contribution in [1.29, 1.82) is 0 Å². The molecule has 1 aromatic heterocycles. The molecule has 1 heterocycles. The van der Waals surface area contributed by atoms with Crippen molar-refractivity contribution in [3.63, 3.8) is 0 Å². The smallest absolute Gasteiger partial charge is 0.491 e. The minimum atomic E-state index is -5.62. The highest BCUT2D eigenvalue weighted by Crippen LogP contribution is 2.36. The summed E-state index contributed by atoms with van der Waals surface area (Å²) in [5, 5.41) is 0.892. The van der Waals surface area contributed by atoms with E-state index < -0.39 is 24.3 Å². The maximum Gasteiger partial charge on any atom is 0.491 e. The molecular weight excluding hydrogens is 530 g/mol. The second-order valence-corrected chi connectivity index (χ2v) is 7.77. The highest BCUT2D eigenvalue weighted by atomic mass is 79.9. The molecule has 0 N–H and O–H groups in total. The van der Waals surface area contributed by atoms with E-state index in [1.54, 1.807) is 7.11 Å². The number of Topliss-reactive ketones (excluding diaryl/α,β-unsaturated/α-hetero) is 1. The number of alkyl halides is 6. The minimum Gasteiger partial charge on any atom is -0.497 e. The van der Waals surface area contributed by atoms with Crippen molar-refractivity contribution in [2.45, 2.75) is 44.5 Å². The van der Waals surface area contributed by atoms with Crippen molar-refractivity contribution in [2.75, 3.05) is 7.11 Å². The number of halogens is 7. The number of rotatable bonds is 3. The Morgan fingerprint density at radius 1 is 0.970 bits per heavy atom. The van der Waals surface area contributed by atoms with Gasteiger partial charge in [0.15, 0.2) is 5.76 Å². The summed E-state index contributed by atoms with van der Waals surface area (Å²) in [5.41, 5.74) is 0.719. The third-order valence-electron chi connectivity index (χ3n) is 4.68. The Balaban J connectivity index is 0.000000260. The second kappa shape index (κ2) is 10.6. The molecule has 0 radical (unpaired) electrons. The van der Waals surface area contributed by atoms with Crippen LogP contribution in [0.15, 0.2) is 27.1 Å². The fourth-order valence-electron chi connectivity index (χ4n) is 3.08. The molecule has 0 amide bonds. The normalized spacial score (nSPS) is 14.9. The number of furan rings is 1. The van der Waals surface area contributed by atoms with E-state index in [9.17, 15) is 40.7 Å². The summed E-state index contributed by atoms with van der Waals surface area (Å²) in [5.74, 6) is -4.94. The zero-order valence-electron chi connectivity index (χ0n) is 16.9. The summed E-state index contributed by atoms with van der Waals surface area (Å²) in [7, 11) is 1.63. The Kier molecular flexibility index (Phi) is 8.55. The number of fused-ring (bicyclic) bond motifs is 1. The number of ketones is 1. The number of carbonyl (C=O) groups is 3. The molecule has 182 valence electrons. The molecule has 1 aliphatic carbocycles. The van der Waals surface area contributed by atoms with Gasteiger partial charge in [0, 0.05) is 11.3 Å². The predicted octanol–water partition coefficient (Wildman–Crippen LogP) is 6.15. The lowest BCUT2D eigenvalue weighted by atomic mass is 9.85. The van der Waals surface area contributed by atoms with Gasteiger partial charge >= 0.3 is 24.3 Å². The van der Waals surface area contributed by atoms with Crippen molar-refractivity contribution in [2.24, 2.45) is 5.92 Å². The molecule has 2 aromatic rings. The van der Waals surface area contributed by atoms with E-state index in [4.69, 9.17) is 9.15 Å². The fourth-order valence-corrected chi connectivity index (χ4v) is 3.67. The first-order chi connectivity index (χ1) is 15.3. The molecule has 1 aromatic carbocycles. The van der Waals surface area contributed by atoms with Crippen molar-refractivity contribution in [3.05, 3.63) is 28.4 Å². The number of hydrogen-bond donors (Lipinski definition) is 0. The Bertz CT molecular complexity index is 996. The van der Waals surface area contributed by atoms with Gasteiger partial charge in [-0.2, -0.15) is 26.3 Å². The first-order valence-electron chi connectivity index (χ1n) is 9.46. The number of carbonyl (C=O) groups excluding carboxylic acids is 3. The van der Waals surface area contributed by atoms with Crippen LogP contribution in [0.3, 0.4) is 0 Å². The van der Waals surface area contributed by atoms with E-state index in [-0.39, 0.29) is 11.7 Å². The van der Waals surface area contributed by atoms with E-state index in [0.717, 1.165) is 46.9 Å². The number of esters is 2. The van der Waals surface area contributed by atoms with Gasteiger partial charge in [0.1, 0.15) is 11.3 Å². The molecule has 33 heavy (non-hydrogen) atoms. The monoisotopic (exact) mass is 546 g/mol. The molecule has 0 aliphatic heterocycles. The first-order valence-corrected chi connectivity index (χ1v) is 10.3. The number of benzene rings is 1. The second-order valence-electron chi connectivity index (χ2n) is 6.98. The third-order valence-corrected chi connectivity index (χ3v) is 5.47. The predicted molar refractivity (Wildman–Crippen MR) is 105 cm³/mol. The lowest BCUT2D eigenvalue weighted by Crippen LogP contribution is -2.34. The Morgan fingerprint density at radius 2 is 1.52 bits per heavy atom. The van der Waals surface area contributed by atoms with Gasteiger partial charge in [-0.05, 0) is 47.0 Å². The molecule has 0 unspecified atom stereocenters. The SMILES string of the molecule is COc1ccc2oc(C(=O)C3CCCCC3)c(Br)c2c1.O=C(OC(=O)C(F)(F)F)C(F)(F)F. The van der Waals surface area contributed by atoms with Crippen LogP contribution in [0.25, 0.3) is 11.0 Å². The van der Waals surface area contributed by atoms with Gasteiger partial charge in [0.05, 0.1) is 11.6 Å². The van der Waals surface area contributed by atoms with Crippen LogP contribution in [0.4, 0.5) is 26.3 Å². The summed E-state index contributed by atoms with van der Waals surface area (Å²) < 4.78 is 81.4.